The highest BCUT2D eigenvalue weighted by atomic mass is 16.5. The summed E-state index contributed by atoms with van der Waals surface area (Å²) in [5.74, 6) is 1.44. The van der Waals surface area contributed by atoms with Crippen LogP contribution in [0, 0.1) is 6.92 Å². The predicted molar refractivity (Wildman–Crippen MR) is 66.5 cm³/mol. The predicted octanol–water partition coefficient (Wildman–Crippen LogP) is 1.91. The summed E-state index contributed by atoms with van der Waals surface area (Å²) in [7, 11) is 1.61. The Morgan fingerprint density at radius 1 is 1.35 bits per heavy atom. The van der Waals surface area contributed by atoms with E-state index in [2.05, 4.69) is 5.32 Å². The van der Waals surface area contributed by atoms with Crippen LogP contribution in [0.1, 0.15) is 18.9 Å². The van der Waals surface area contributed by atoms with Crippen molar-refractivity contribution < 1.29 is 14.3 Å². The van der Waals surface area contributed by atoms with Crippen molar-refractivity contribution >= 4 is 5.91 Å². The molecule has 0 aliphatic rings. The Labute approximate surface area is 102 Å². The molecule has 0 aromatic heterocycles. The third-order valence-electron chi connectivity index (χ3n) is 2.32. The van der Waals surface area contributed by atoms with Gasteiger partial charge in [-0.3, -0.25) is 4.79 Å². The second-order valence-corrected chi connectivity index (χ2v) is 3.71. The maximum atomic E-state index is 11.0. The quantitative estimate of drug-likeness (QED) is 0.769. The molecule has 94 valence electrons. The van der Waals surface area contributed by atoms with E-state index in [0.29, 0.717) is 31.1 Å². The van der Waals surface area contributed by atoms with Gasteiger partial charge in [-0.2, -0.15) is 0 Å². The number of rotatable bonds is 6. The first-order valence-corrected chi connectivity index (χ1v) is 5.71. The van der Waals surface area contributed by atoms with Crippen LogP contribution in [0.15, 0.2) is 18.2 Å². The van der Waals surface area contributed by atoms with Gasteiger partial charge in [-0.1, -0.05) is 13.0 Å². The number of aryl methyl sites for hydroxylation is 1. The molecule has 1 amide bonds. The van der Waals surface area contributed by atoms with E-state index >= 15 is 0 Å². The number of amides is 1. The lowest BCUT2D eigenvalue weighted by Gasteiger charge is -2.11. The molecule has 1 N–H and O–H groups in total. The number of carbonyl (C=O) groups excluding carboxylic acids is 1. The molecule has 1 aromatic carbocycles. The Balaban J connectivity index is 2.43. The summed E-state index contributed by atoms with van der Waals surface area (Å²) in [6.45, 7) is 4.75. The molecule has 17 heavy (non-hydrogen) atoms. The molecule has 0 saturated heterocycles. The lowest BCUT2D eigenvalue weighted by atomic mass is 10.2. The second kappa shape index (κ2) is 6.78. The van der Waals surface area contributed by atoms with Crippen molar-refractivity contribution in [2.75, 3.05) is 20.3 Å². The SMILES string of the molecule is CCC(=O)NCCOc1ccc(C)cc1OC. The fraction of sp³-hybridized carbons (Fsp3) is 0.462. The lowest BCUT2D eigenvalue weighted by molar-refractivity contribution is -0.120. The minimum atomic E-state index is 0.0319. The van der Waals surface area contributed by atoms with E-state index in [9.17, 15) is 4.79 Å². The summed E-state index contributed by atoms with van der Waals surface area (Å²) in [6, 6.07) is 5.75. The molecular formula is C13H19NO3. The smallest absolute Gasteiger partial charge is 0.219 e. The molecule has 0 spiro atoms. The van der Waals surface area contributed by atoms with Gasteiger partial charge in [0.15, 0.2) is 11.5 Å². The molecule has 0 aliphatic heterocycles. The topological polar surface area (TPSA) is 47.6 Å². The molecule has 0 saturated carbocycles. The minimum absolute atomic E-state index is 0.0319. The molecule has 1 aromatic rings. The van der Waals surface area contributed by atoms with Crippen molar-refractivity contribution in [3.05, 3.63) is 23.8 Å². The van der Waals surface area contributed by atoms with Gasteiger partial charge in [-0.15, -0.1) is 0 Å². The van der Waals surface area contributed by atoms with Crippen molar-refractivity contribution in [2.24, 2.45) is 0 Å². The Hall–Kier alpha value is -1.71. The number of ether oxygens (including phenoxy) is 2. The highest BCUT2D eigenvalue weighted by Gasteiger charge is 2.04. The number of carbonyl (C=O) groups is 1. The van der Waals surface area contributed by atoms with Gasteiger partial charge in [-0.05, 0) is 24.6 Å². The van der Waals surface area contributed by atoms with Gasteiger partial charge < -0.3 is 14.8 Å². The first-order valence-electron chi connectivity index (χ1n) is 5.71. The van der Waals surface area contributed by atoms with Crippen molar-refractivity contribution in [3.63, 3.8) is 0 Å². The van der Waals surface area contributed by atoms with Gasteiger partial charge in [0.05, 0.1) is 13.7 Å². The zero-order valence-electron chi connectivity index (χ0n) is 10.6. The van der Waals surface area contributed by atoms with E-state index in [1.54, 1.807) is 7.11 Å². The van der Waals surface area contributed by atoms with Crippen LogP contribution in [0.3, 0.4) is 0 Å². The number of benzene rings is 1. The Morgan fingerprint density at radius 2 is 2.12 bits per heavy atom. The maximum absolute atomic E-state index is 11.0. The first kappa shape index (κ1) is 13.4. The molecule has 0 unspecified atom stereocenters. The second-order valence-electron chi connectivity index (χ2n) is 3.71. The summed E-state index contributed by atoms with van der Waals surface area (Å²) in [5, 5.41) is 2.75. The normalized spacial score (nSPS) is 9.82. The Bertz CT molecular complexity index is 377. The van der Waals surface area contributed by atoms with Gasteiger partial charge in [-0.25, -0.2) is 0 Å². The van der Waals surface area contributed by atoms with Crippen molar-refractivity contribution in [2.45, 2.75) is 20.3 Å². The highest BCUT2D eigenvalue weighted by Crippen LogP contribution is 2.27. The van der Waals surface area contributed by atoms with Crippen LogP contribution in [0.25, 0.3) is 0 Å². The molecule has 0 atom stereocenters. The number of nitrogens with one attached hydrogen (secondary N) is 1. The van der Waals surface area contributed by atoms with E-state index < -0.39 is 0 Å². The molecule has 4 nitrogen and oxygen atoms in total. The monoisotopic (exact) mass is 237 g/mol. The number of hydrogen-bond acceptors (Lipinski definition) is 3. The van der Waals surface area contributed by atoms with Gasteiger partial charge in [0.25, 0.3) is 0 Å². The fourth-order valence-electron chi connectivity index (χ4n) is 1.37. The molecule has 0 aliphatic carbocycles. The summed E-state index contributed by atoms with van der Waals surface area (Å²) >= 11 is 0. The van der Waals surface area contributed by atoms with E-state index in [-0.39, 0.29) is 5.91 Å². The molecule has 0 bridgehead atoms. The average molecular weight is 237 g/mol. The van der Waals surface area contributed by atoms with Gasteiger partial charge in [0.2, 0.25) is 5.91 Å². The van der Waals surface area contributed by atoms with Crippen LogP contribution in [0.5, 0.6) is 11.5 Å². The highest BCUT2D eigenvalue weighted by molar-refractivity contribution is 5.75. The maximum Gasteiger partial charge on any atom is 0.219 e. The van der Waals surface area contributed by atoms with Gasteiger partial charge in [0, 0.05) is 6.42 Å². The van der Waals surface area contributed by atoms with Crippen molar-refractivity contribution in [1.29, 1.82) is 0 Å². The zero-order chi connectivity index (χ0) is 12.7. The molecular weight excluding hydrogens is 218 g/mol. The van der Waals surface area contributed by atoms with Crippen LogP contribution in [-0.2, 0) is 4.79 Å². The molecule has 4 heteroatoms. The third kappa shape index (κ3) is 4.34. The Kier molecular flexibility index (Phi) is 5.33. The summed E-state index contributed by atoms with van der Waals surface area (Å²) in [6.07, 6.45) is 0.494. The van der Waals surface area contributed by atoms with Crippen LogP contribution >= 0.6 is 0 Å². The van der Waals surface area contributed by atoms with E-state index in [4.69, 9.17) is 9.47 Å². The van der Waals surface area contributed by atoms with E-state index in [1.807, 2.05) is 32.0 Å². The Morgan fingerprint density at radius 3 is 2.76 bits per heavy atom. The van der Waals surface area contributed by atoms with Crippen molar-refractivity contribution in [1.82, 2.24) is 5.32 Å². The van der Waals surface area contributed by atoms with Crippen LogP contribution < -0.4 is 14.8 Å². The van der Waals surface area contributed by atoms with Gasteiger partial charge >= 0.3 is 0 Å². The summed E-state index contributed by atoms with van der Waals surface area (Å²) < 4.78 is 10.8. The minimum Gasteiger partial charge on any atom is -0.493 e. The average Bonchev–Trinajstić information content (AvgIpc) is 2.35. The molecule has 1 rings (SSSR count). The zero-order valence-corrected chi connectivity index (χ0v) is 10.6. The van der Waals surface area contributed by atoms with E-state index in [0.717, 1.165) is 5.56 Å². The van der Waals surface area contributed by atoms with Crippen LogP contribution in [0.4, 0.5) is 0 Å². The van der Waals surface area contributed by atoms with E-state index in [1.165, 1.54) is 0 Å². The molecule has 0 heterocycles. The summed E-state index contributed by atoms with van der Waals surface area (Å²) in [4.78, 5) is 11.0. The van der Waals surface area contributed by atoms with Crippen LogP contribution in [0.2, 0.25) is 0 Å². The van der Waals surface area contributed by atoms with Gasteiger partial charge in [0.1, 0.15) is 6.61 Å². The molecule has 0 radical (unpaired) electrons. The summed E-state index contributed by atoms with van der Waals surface area (Å²) in [5.41, 5.74) is 1.12. The first-order chi connectivity index (χ1) is 8.17. The lowest BCUT2D eigenvalue weighted by Crippen LogP contribution is -2.27. The van der Waals surface area contributed by atoms with Crippen LogP contribution in [-0.4, -0.2) is 26.2 Å². The van der Waals surface area contributed by atoms with Crippen molar-refractivity contribution in [3.8, 4) is 11.5 Å². The third-order valence-corrected chi connectivity index (χ3v) is 2.32. The number of methoxy groups -OCH3 is 1. The molecule has 0 fully saturated rings. The standard InChI is InChI=1S/C13H19NO3/c1-4-13(15)14-7-8-17-11-6-5-10(2)9-12(11)16-3/h5-6,9H,4,7-8H2,1-3H3,(H,14,15). The fourth-order valence-corrected chi connectivity index (χ4v) is 1.37. The largest absolute Gasteiger partial charge is 0.493 e. The number of hydrogen-bond donors (Lipinski definition) is 1.